The standard InChI is InChI=1S/C19H18FN5OS/c1-11-17(27-10-23-11)18(26)25-8-2-3-15(25)16-14(9-22-19(21)24-16)12-4-6-13(20)7-5-12/h4-7,9-10,15H,2-3,8H2,1H3,(H2,21,22,24)/t15-/m0/s1. The molecule has 1 amide bonds. The molecule has 1 aromatic carbocycles. The third kappa shape index (κ3) is 3.28. The summed E-state index contributed by atoms with van der Waals surface area (Å²) in [7, 11) is 0. The molecule has 27 heavy (non-hydrogen) atoms. The second kappa shape index (κ2) is 7.03. The molecule has 1 atom stereocenters. The lowest BCUT2D eigenvalue weighted by Gasteiger charge is -2.25. The number of amides is 1. The van der Waals surface area contributed by atoms with Crippen LogP contribution in [0.3, 0.4) is 0 Å². The van der Waals surface area contributed by atoms with E-state index in [1.54, 1.807) is 23.8 Å². The van der Waals surface area contributed by atoms with Crippen molar-refractivity contribution in [3.63, 3.8) is 0 Å². The summed E-state index contributed by atoms with van der Waals surface area (Å²) in [4.78, 5) is 28.3. The van der Waals surface area contributed by atoms with Gasteiger partial charge in [-0.05, 0) is 37.5 Å². The van der Waals surface area contributed by atoms with Crippen LogP contribution in [0.2, 0.25) is 0 Å². The number of rotatable bonds is 3. The van der Waals surface area contributed by atoms with Crippen molar-refractivity contribution in [2.45, 2.75) is 25.8 Å². The quantitative estimate of drug-likeness (QED) is 0.747. The van der Waals surface area contributed by atoms with Gasteiger partial charge in [0.1, 0.15) is 10.7 Å². The van der Waals surface area contributed by atoms with Gasteiger partial charge >= 0.3 is 0 Å². The van der Waals surface area contributed by atoms with E-state index in [2.05, 4.69) is 15.0 Å². The van der Waals surface area contributed by atoms with E-state index in [0.717, 1.165) is 29.7 Å². The van der Waals surface area contributed by atoms with Crippen LogP contribution in [0.5, 0.6) is 0 Å². The molecule has 2 aromatic heterocycles. The number of likely N-dealkylation sites (tertiary alicyclic amines) is 1. The lowest BCUT2D eigenvalue weighted by Crippen LogP contribution is -2.31. The van der Waals surface area contributed by atoms with Crippen molar-refractivity contribution >= 4 is 23.2 Å². The highest BCUT2D eigenvalue weighted by molar-refractivity contribution is 7.11. The highest BCUT2D eigenvalue weighted by Gasteiger charge is 2.34. The summed E-state index contributed by atoms with van der Waals surface area (Å²) in [5, 5.41) is 0. The second-order valence-corrected chi connectivity index (χ2v) is 7.31. The number of aromatic nitrogens is 3. The Morgan fingerprint density at radius 2 is 2.07 bits per heavy atom. The number of carbonyl (C=O) groups excluding carboxylic acids is 1. The number of halogens is 1. The van der Waals surface area contributed by atoms with E-state index < -0.39 is 0 Å². The summed E-state index contributed by atoms with van der Waals surface area (Å²) in [6.07, 6.45) is 3.30. The Kier molecular flexibility index (Phi) is 4.57. The van der Waals surface area contributed by atoms with E-state index in [9.17, 15) is 9.18 Å². The van der Waals surface area contributed by atoms with Gasteiger partial charge in [0.15, 0.2) is 0 Å². The number of aryl methyl sites for hydroxylation is 1. The molecule has 1 saturated heterocycles. The minimum atomic E-state index is -0.310. The molecule has 8 heteroatoms. The van der Waals surface area contributed by atoms with Crippen molar-refractivity contribution in [2.24, 2.45) is 0 Å². The molecule has 3 aromatic rings. The van der Waals surface area contributed by atoms with Crippen LogP contribution >= 0.6 is 11.3 Å². The summed E-state index contributed by atoms with van der Waals surface area (Å²) in [6, 6.07) is 5.95. The molecular weight excluding hydrogens is 365 g/mol. The lowest BCUT2D eigenvalue weighted by molar-refractivity contribution is 0.0737. The second-order valence-electron chi connectivity index (χ2n) is 6.46. The Morgan fingerprint density at radius 3 is 2.78 bits per heavy atom. The first-order chi connectivity index (χ1) is 13.0. The van der Waals surface area contributed by atoms with Crippen LogP contribution in [-0.4, -0.2) is 32.3 Å². The molecule has 4 rings (SSSR count). The fourth-order valence-corrected chi connectivity index (χ4v) is 4.20. The van der Waals surface area contributed by atoms with Gasteiger partial charge in [0.05, 0.1) is 22.9 Å². The maximum absolute atomic E-state index is 13.3. The van der Waals surface area contributed by atoms with Crippen LogP contribution in [0.1, 0.15) is 39.9 Å². The van der Waals surface area contributed by atoms with E-state index >= 15 is 0 Å². The molecule has 0 aliphatic carbocycles. The first kappa shape index (κ1) is 17.5. The molecule has 1 fully saturated rings. The fourth-order valence-electron chi connectivity index (χ4n) is 3.45. The minimum absolute atomic E-state index is 0.0419. The molecule has 0 spiro atoms. The van der Waals surface area contributed by atoms with Gasteiger partial charge in [-0.2, -0.15) is 0 Å². The Hall–Kier alpha value is -2.87. The highest BCUT2D eigenvalue weighted by atomic mass is 32.1. The van der Waals surface area contributed by atoms with Gasteiger partial charge in [-0.3, -0.25) is 4.79 Å². The Bertz CT molecular complexity index is 988. The van der Waals surface area contributed by atoms with Crippen molar-refractivity contribution < 1.29 is 9.18 Å². The average Bonchev–Trinajstić information content (AvgIpc) is 3.31. The van der Waals surface area contributed by atoms with E-state index in [1.807, 2.05) is 11.8 Å². The number of hydrogen-bond acceptors (Lipinski definition) is 6. The number of nitrogens with two attached hydrogens (primary N) is 1. The van der Waals surface area contributed by atoms with Gasteiger partial charge in [0.25, 0.3) is 5.91 Å². The smallest absolute Gasteiger partial charge is 0.266 e. The number of nitrogen functional groups attached to an aromatic ring is 1. The van der Waals surface area contributed by atoms with Crippen molar-refractivity contribution in [1.82, 2.24) is 19.9 Å². The van der Waals surface area contributed by atoms with Crippen molar-refractivity contribution in [1.29, 1.82) is 0 Å². The monoisotopic (exact) mass is 383 g/mol. The molecule has 0 bridgehead atoms. The van der Waals surface area contributed by atoms with Gasteiger partial charge < -0.3 is 10.6 Å². The first-order valence-corrected chi connectivity index (χ1v) is 9.52. The molecule has 1 aliphatic heterocycles. The van der Waals surface area contributed by atoms with Crippen LogP contribution in [0, 0.1) is 12.7 Å². The van der Waals surface area contributed by atoms with Crippen LogP contribution in [0.4, 0.5) is 10.3 Å². The zero-order valence-electron chi connectivity index (χ0n) is 14.7. The normalized spacial score (nSPS) is 16.7. The van der Waals surface area contributed by atoms with Gasteiger partial charge in [0, 0.05) is 18.3 Å². The lowest BCUT2D eigenvalue weighted by atomic mass is 9.99. The summed E-state index contributed by atoms with van der Waals surface area (Å²) < 4.78 is 13.3. The number of hydrogen-bond donors (Lipinski definition) is 1. The van der Waals surface area contributed by atoms with Gasteiger partial charge in [0.2, 0.25) is 5.95 Å². The minimum Gasteiger partial charge on any atom is -0.368 e. The van der Waals surface area contributed by atoms with E-state index in [-0.39, 0.29) is 23.7 Å². The van der Waals surface area contributed by atoms with Crippen LogP contribution < -0.4 is 5.73 Å². The molecule has 3 heterocycles. The van der Waals surface area contributed by atoms with E-state index in [0.29, 0.717) is 17.1 Å². The maximum atomic E-state index is 13.3. The van der Waals surface area contributed by atoms with Gasteiger partial charge in [-0.1, -0.05) is 12.1 Å². The van der Waals surface area contributed by atoms with Crippen molar-refractivity contribution in [2.75, 3.05) is 12.3 Å². The molecule has 0 saturated carbocycles. The first-order valence-electron chi connectivity index (χ1n) is 8.64. The number of thiazole rings is 1. The third-order valence-electron chi connectivity index (χ3n) is 4.76. The van der Waals surface area contributed by atoms with Gasteiger partial charge in [-0.25, -0.2) is 19.3 Å². The molecule has 6 nitrogen and oxygen atoms in total. The molecule has 138 valence electrons. The van der Waals surface area contributed by atoms with Crippen LogP contribution in [0.25, 0.3) is 11.1 Å². The number of benzene rings is 1. The fraction of sp³-hybridized carbons (Fsp3) is 0.263. The van der Waals surface area contributed by atoms with Crippen molar-refractivity contribution in [3.8, 4) is 11.1 Å². The summed E-state index contributed by atoms with van der Waals surface area (Å²) in [5.74, 6) is -0.195. The molecule has 0 radical (unpaired) electrons. The van der Waals surface area contributed by atoms with E-state index in [1.165, 1.54) is 23.5 Å². The number of anilines is 1. The summed E-state index contributed by atoms with van der Waals surface area (Å²) in [5.41, 5.74) is 10.5. The van der Waals surface area contributed by atoms with Crippen LogP contribution in [0.15, 0.2) is 36.0 Å². The zero-order valence-corrected chi connectivity index (χ0v) is 15.5. The van der Waals surface area contributed by atoms with Gasteiger partial charge in [-0.15, -0.1) is 11.3 Å². The Morgan fingerprint density at radius 1 is 1.30 bits per heavy atom. The summed E-state index contributed by atoms with van der Waals surface area (Å²) in [6.45, 7) is 2.48. The molecule has 1 aliphatic rings. The maximum Gasteiger partial charge on any atom is 0.266 e. The molecule has 0 unspecified atom stereocenters. The third-order valence-corrected chi connectivity index (χ3v) is 5.68. The number of carbonyl (C=O) groups is 1. The van der Waals surface area contributed by atoms with E-state index in [4.69, 9.17) is 5.73 Å². The Balaban J connectivity index is 1.75. The topological polar surface area (TPSA) is 85.0 Å². The Labute approximate surface area is 159 Å². The SMILES string of the molecule is Cc1ncsc1C(=O)N1CCC[C@H]1c1nc(N)ncc1-c1ccc(F)cc1. The van der Waals surface area contributed by atoms with Crippen LogP contribution in [-0.2, 0) is 0 Å². The molecule has 2 N–H and O–H groups in total. The zero-order chi connectivity index (χ0) is 19.0. The summed E-state index contributed by atoms with van der Waals surface area (Å²) >= 11 is 1.35. The predicted octanol–water partition coefficient (Wildman–Crippen LogP) is 3.61. The number of nitrogens with zero attached hydrogens (tertiary/aromatic N) is 4. The predicted molar refractivity (Wildman–Crippen MR) is 102 cm³/mol. The highest BCUT2D eigenvalue weighted by Crippen LogP contribution is 2.38. The molecular formula is C19H18FN5OS. The average molecular weight is 383 g/mol. The van der Waals surface area contributed by atoms with Crippen molar-refractivity contribution in [3.05, 3.63) is 58.1 Å². The largest absolute Gasteiger partial charge is 0.368 e.